The first-order chi connectivity index (χ1) is 14.8. The molecule has 4 rings (SSSR count). The molecule has 166 valence electrons. The molecule has 1 aromatic rings. The van der Waals surface area contributed by atoms with Gasteiger partial charge in [-0.1, -0.05) is 26.0 Å². The fourth-order valence-corrected chi connectivity index (χ4v) is 4.38. The number of aliphatic imine (C=N–C) groups is 1. The summed E-state index contributed by atoms with van der Waals surface area (Å²) in [5, 5.41) is 0. The van der Waals surface area contributed by atoms with Gasteiger partial charge in [0, 0.05) is 32.0 Å². The number of fused-ring (bicyclic) bond motifs is 3. The summed E-state index contributed by atoms with van der Waals surface area (Å²) in [6, 6.07) is 4.86. The molecular formula is C22H29FN6O2. The van der Waals surface area contributed by atoms with Gasteiger partial charge in [-0.2, -0.15) is 0 Å². The van der Waals surface area contributed by atoms with Crippen molar-refractivity contribution in [3.05, 3.63) is 47.5 Å². The van der Waals surface area contributed by atoms with Crippen molar-refractivity contribution >= 4 is 17.9 Å². The monoisotopic (exact) mass is 428 g/mol. The van der Waals surface area contributed by atoms with Gasteiger partial charge in [0.15, 0.2) is 12.2 Å². The number of carbonyl (C=O) groups excluding carboxylic acids is 2. The van der Waals surface area contributed by atoms with Crippen LogP contribution in [0, 0.1) is 5.82 Å². The molecule has 0 aromatic heterocycles. The predicted molar refractivity (Wildman–Crippen MR) is 115 cm³/mol. The summed E-state index contributed by atoms with van der Waals surface area (Å²) in [5.74, 6) is 0.0793. The lowest BCUT2D eigenvalue weighted by Gasteiger charge is -2.40. The molecular weight excluding hydrogens is 399 g/mol. The zero-order valence-electron chi connectivity index (χ0n) is 18.5. The Morgan fingerprint density at radius 1 is 1.10 bits per heavy atom. The molecule has 0 N–H and O–H groups in total. The Balaban J connectivity index is 1.55. The number of amides is 3. The number of nitrogens with zero attached hydrogens (tertiary/aromatic N) is 6. The van der Waals surface area contributed by atoms with Crippen LogP contribution in [0.25, 0.3) is 0 Å². The highest BCUT2D eigenvalue weighted by molar-refractivity contribution is 6.04. The second-order valence-corrected chi connectivity index (χ2v) is 8.09. The van der Waals surface area contributed by atoms with Gasteiger partial charge in [-0.3, -0.25) is 9.69 Å². The van der Waals surface area contributed by atoms with E-state index in [0.29, 0.717) is 5.56 Å². The van der Waals surface area contributed by atoms with Crippen molar-refractivity contribution in [3.63, 3.8) is 0 Å². The predicted octanol–water partition coefficient (Wildman–Crippen LogP) is 2.10. The Morgan fingerprint density at radius 2 is 1.77 bits per heavy atom. The Labute approximate surface area is 182 Å². The first-order valence-corrected chi connectivity index (χ1v) is 10.7. The molecule has 0 radical (unpaired) electrons. The van der Waals surface area contributed by atoms with E-state index < -0.39 is 18.2 Å². The van der Waals surface area contributed by atoms with Crippen LogP contribution in [0.3, 0.4) is 0 Å². The molecule has 1 aromatic carbocycles. The lowest BCUT2D eigenvalue weighted by atomic mass is 10.1. The summed E-state index contributed by atoms with van der Waals surface area (Å²) in [6.07, 6.45) is 1.39. The molecule has 0 saturated carbocycles. The fourth-order valence-electron chi connectivity index (χ4n) is 4.38. The summed E-state index contributed by atoms with van der Waals surface area (Å²) in [6.45, 7) is 9.99. The Hall–Kier alpha value is -2.94. The third-order valence-electron chi connectivity index (χ3n) is 6.29. The molecule has 31 heavy (non-hydrogen) atoms. The number of allylic oxidation sites excluding steroid dienone is 1. The molecule has 9 heteroatoms. The van der Waals surface area contributed by atoms with Crippen LogP contribution in [0.2, 0.25) is 0 Å². The summed E-state index contributed by atoms with van der Waals surface area (Å²) in [4.78, 5) is 40.2. The number of carbonyl (C=O) groups is 2. The van der Waals surface area contributed by atoms with E-state index >= 15 is 0 Å². The van der Waals surface area contributed by atoms with Gasteiger partial charge in [-0.15, -0.1) is 0 Å². The van der Waals surface area contributed by atoms with E-state index in [2.05, 4.69) is 23.6 Å². The number of hydrogen-bond acceptors (Lipinski definition) is 6. The SMILES string of the molecule is CCN(CC)CCN1C(C)=CN2C1=NC1C2C(=O)N(Cc2ccc(F)cc2)C(=O)N1C. The van der Waals surface area contributed by atoms with E-state index in [4.69, 9.17) is 4.99 Å². The van der Waals surface area contributed by atoms with Crippen molar-refractivity contribution in [1.29, 1.82) is 0 Å². The zero-order chi connectivity index (χ0) is 22.3. The average molecular weight is 429 g/mol. The molecule has 3 amide bonds. The summed E-state index contributed by atoms with van der Waals surface area (Å²) in [7, 11) is 1.67. The van der Waals surface area contributed by atoms with Crippen molar-refractivity contribution < 1.29 is 14.0 Å². The van der Waals surface area contributed by atoms with Gasteiger partial charge in [0.25, 0.3) is 5.91 Å². The highest BCUT2D eigenvalue weighted by Gasteiger charge is 2.54. The smallest absolute Gasteiger partial charge is 0.313 e. The maximum absolute atomic E-state index is 13.4. The largest absolute Gasteiger partial charge is 0.328 e. The highest BCUT2D eigenvalue weighted by Crippen LogP contribution is 2.34. The van der Waals surface area contributed by atoms with Crippen molar-refractivity contribution in [2.75, 3.05) is 33.2 Å². The third-order valence-corrected chi connectivity index (χ3v) is 6.29. The fraction of sp³-hybridized carbons (Fsp3) is 0.500. The average Bonchev–Trinajstić information content (AvgIpc) is 3.27. The lowest BCUT2D eigenvalue weighted by Crippen LogP contribution is -2.63. The molecule has 1 saturated heterocycles. The number of rotatable bonds is 7. The van der Waals surface area contributed by atoms with Gasteiger partial charge in [0.05, 0.1) is 6.54 Å². The van der Waals surface area contributed by atoms with Gasteiger partial charge in [0.2, 0.25) is 5.96 Å². The Bertz CT molecular complexity index is 926. The van der Waals surface area contributed by atoms with Gasteiger partial charge >= 0.3 is 6.03 Å². The molecule has 0 spiro atoms. The molecule has 1 fully saturated rings. The number of guanidine groups is 1. The molecule has 8 nitrogen and oxygen atoms in total. The minimum atomic E-state index is -0.591. The quantitative estimate of drug-likeness (QED) is 0.666. The second kappa shape index (κ2) is 8.30. The minimum Gasteiger partial charge on any atom is -0.313 e. The number of benzene rings is 1. The van der Waals surface area contributed by atoms with Crippen LogP contribution >= 0.6 is 0 Å². The van der Waals surface area contributed by atoms with Crippen LogP contribution in [-0.2, 0) is 11.3 Å². The van der Waals surface area contributed by atoms with E-state index in [0.717, 1.165) is 37.8 Å². The molecule has 2 unspecified atom stereocenters. The summed E-state index contributed by atoms with van der Waals surface area (Å²) >= 11 is 0. The van der Waals surface area contributed by atoms with E-state index in [9.17, 15) is 14.0 Å². The van der Waals surface area contributed by atoms with Crippen molar-refractivity contribution in [2.45, 2.75) is 39.5 Å². The number of urea groups is 1. The molecule has 3 heterocycles. The highest BCUT2D eigenvalue weighted by atomic mass is 19.1. The molecule has 3 aliphatic rings. The van der Waals surface area contributed by atoms with Crippen LogP contribution in [0.4, 0.5) is 9.18 Å². The third kappa shape index (κ3) is 3.67. The van der Waals surface area contributed by atoms with Crippen LogP contribution in [0.5, 0.6) is 0 Å². The van der Waals surface area contributed by atoms with Crippen LogP contribution in [0.15, 0.2) is 41.2 Å². The Morgan fingerprint density at radius 3 is 2.42 bits per heavy atom. The van der Waals surface area contributed by atoms with Crippen LogP contribution < -0.4 is 0 Å². The zero-order valence-corrected chi connectivity index (χ0v) is 18.5. The molecule has 0 bridgehead atoms. The standard InChI is InChI=1S/C22H29FN6O2/c1-5-26(6-2)11-12-27-15(3)13-28-18-19(24-21(27)28)25(4)22(31)29(20(18)30)14-16-7-9-17(23)10-8-16/h7-10,13,18-19H,5-6,11-12,14H2,1-4H3. The van der Waals surface area contributed by atoms with E-state index in [1.54, 1.807) is 19.2 Å². The number of hydrogen-bond donors (Lipinski definition) is 0. The van der Waals surface area contributed by atoms with Gasteiger partial charge < -0.3 is 19.6 Å². The van der Waals surface area contributed by atoms with E-state index in [1.807, 2.05) is 18.0 Å². The Kier molecular flexibility index (Phi) is 5.70. The second-order valence-electron chi connectivity index (χ2n) is 8.09. The lowest BCUT2D eigenvalue weighted by molar-refractivity contribution is -0.137. The van der Waals surface area contributed by atoms with Gasteiger partial charge in [-0.05, 0) is 37.7 Å². The molecule has 2 atom stereocenters. The summed E-state index contributed by atoms with van der Waals surface area (Å²) < 4.78 is 13.2. The van der Waals surface area contributed by atoms with E-state index in [1.165, 1.54) is 21.9 Å². The number of likely N-dealkylation sites (N-methyl/N-ethyl adjacent to an activating group) is 2. The van der Waals surface area contributed by atoms with Gasteiger partial charge in [-0.25, -0.2) is 14.2 Å². The number of imide groups is 1. The number of halogens is 1. The molecule has 0 aliphatic carbocycles. The molecule has 3 aliphatic heterocycles. The topological polar surface area (TPSA) is 62.7 Å². The van der Waals surface area contributed by atoms with Gasteiger partial charge in [0.1, 0.15) is 5.82 Å². The first-order valence-electron chi connectivity index (χ1n) is 10.7. The van der Waals surface area contributed by atoms with Crippen LogP contribution in [0.1, 0.15) is 26.3 Å². The normalized spacial score (nSPS) is 22.9. The maximum atomic E-state index is 13.4. The maximum Gasteiger partial charge on any atom is 0.328 e. The van der Waals surface area contributed by atoms with Crippen molar-refractivity contribution in [3.8, 4) is 0 Å². The van der Waals surface area contributed by atoms with Crippen molar-refractivity contribution in [1.82, 2.24) is 24.5 Å². The minimum absolute atomic E-state index is 0.100. The van der Waals surface area contributed by atoms with E-state index in [-0.39, 0.29) is 18.3 Å². The van der Waals surface area contributed by atoms with Crippen molar-refractivity contribution in [2.24, 2.45) is 4.99 Å². The summed E-state index contributed by atoms with van der Waals surface area (Å²) in [5.41, 5.74) is 1.73. The first kappa shape index (κ1) is 21.3. The van der Waals surface area contributed by atoms with Crippen LogP contribution in [-0.4, -0.2) is 87.8 Å².